The predicted molar refractivity (Wildman–Crippen MR) is 117 cm³/mol. The summed E-state index contributed by atoms with van der Waals surface area (Å²) in [5, 5.41) is 3.67. The molecule has 1 aromatic heterocycles. The number of hydrogen-bond donors (Lipinski definition) is 2. The van der Waals surface area contributed by atoms with Crippen molar-refractivity contribution in [1.29, 1.82) is 0 Å². The van der Waals surface area contributed by atoms with Crippen molar-refractivity contribution in [3.8, 4) is 11.1 Å². The molecule has 0 saturated heterocycles. The summed E-state index contributed by atoms with van der Waals surface area (Å²) in [5.74, 6) is -0.429. The van der Waals surface area contributed by atoms with Crippen molar-refractivity contribution in [2.75, 3.05) is 5.32 Å². The number of rotatable bonds is 3. The highest BCUT2D eigenvalue weighted by molar-refractivity contribution is 14.1. The van der Waals surface area contributed by atoms with E-state index in [4.69, 9.17) is 0 Å². The van der Waals surface area contributed by atoms with Crippen LogP contribution in [0.25, 0.3) is 22.0 Å². The summed E-state index contributed by atoms with van der Waals surface area (Å²) >= 11 is 2.20. The Bertz CT molecular complexity index is 1180. The molecule has 0 aliphatic carbocycles. The first-order valence-corrected chi connectivity index (χ1v) is 9.49. The Labute approximate surface area is 169 Å². The van der Waals surface area contributed by atoms with Gasteiger partial charge in [-0.15, -0.1) is 0 Å². The van der Waals surface area contributed by atoms with Crippen molar-refractivity contribution in [3.63, 3.8) is 0 Å². The minimum absolute atomic E-state index is 0.110. The maximum Gasteiger partial charge on any atom is 0.261 e. The van der Waals surface area contributed by atoms with Gasteiger partial charge in [0, 0.05) is 25.7 Å². The van der Waals surface area contributed by atoms with Crippen molar-refractivity contribution < 1.29 is 4.79 Å². The third-order valence-corrected chi connectivity index (χ3v) is 5.03. The Hall–Kier alpha value is -2.93. The van der Waals surface area contributed by atoms with Gasteiger partial charge in [0.2, 0.25) is 0 Å². The zero-order valence-electron chi connectivity index (χ0n) is 14.2. The number of benzene rings is 3. The number of pyridine rings is 1. The minimum Gasteiger partial charge on any atom is -0.322 e. The molecule has 2 N–H and O–H groups in total. The molecule has 132 valence electrons. The normalized spacial score (nSPS) is 10.7. The van der Waals surface area contributed by atoms with Crippen LogP contribution < -0.4 is 10.9 Å². The molecule has 1 heterocycles. The number of aromatic nitrogens is 1. The molecule has 0 saturated carbocycles. The van der Waals surface area contributed by atoms with E-state index >= 15 is 0 Å². The first-order valence-electron chi connectivity index (χ1n) is 8.41. The lowest BCUT2D eigenvalue weighted by atomic mass is 9.95. The fourth-order valence-electron chi connectivity index (χ4n) is 3.09. The van der Waals surface area contributed by atoms with Gasteiger partial charge >= 0.3 is 0 Å². The molecule has 0 radical (unpaired) electrons. The van der Waals surface area contributed by atoms with Crippen molar-refractivity contribution in [3.05, 3.63) is 98.4 Å². The summed E-state index contributed by atoms with van der Waals surface area (Å²) in [7, 11) is 0. The minimum atomic E-state index is -0.429. The summed E-state index contributed by atoms with van der Waals surface area (Å²) in [5.41, 5.74) is 2.51. The first-order chi connectivity index (χ1) is 13.1. The van der Waals surface area contributed by atoms with Crippen LogP contribution >= 0.6 is 22.6 Å². The number of carbonyl (C=O) groups is 1. The standard InChI is InChI=1S/C22H15IN2O2/c23-15-10-12-16(13-11-15)24-21(26)20-19(14-6-2-1-3-7-14)17-8-4-5-9-18(17)25-22(20)27/h1-13H,(H,24,26)(H,25,27). The molecule has 3 aromatic carbocycles. The van der Waals surface area contributed by atoms with Gasteiger partial charge in [0.15, 0.2) is 0 Å². The van der Waals surface area contributed by atoms with E-state index in [0.717, 1.165) is 14.5 Å². The number of fused-ring (bicyclic) bond motifs is 1. The SMILES string of the molecule is O=C(Nc1ccc(I)cc1)c1c(-c2ccccc2)c2ccccc2[nH]c1=O. The fourth-order valence-corrected chi connectivity index (χ4v) is 3.45. The molecule has 0 aliphatic rings. The number of H-pyrrole nitrogens is 1. The molecule has 5 heteroatoms. The van der Waals surface area contributed by atoms with Crippen LogP contribution in [0, 0.1) is 3.57 Å². The number of amides is 1. The zero-order chi connectivity index (χ0) is 18.8. The number of aromatic amines is 1. The van der Waals surface area contributed by atoms with Gasteiger partial charge in [0.1, 0.15) is 5.56 Å². The third kappa shape index (κ3) is 3.50. The summed E-state index contributed by atoms with van der Waals surface area (Å²) in [6.45, 7) is 0. The van der Waals surface area contributed by atoms with Gasteiger partial charge in [-0.2, -0.15) is 0 Å². The lowest BCUT2D eigenvalue weighted by Gasteiger charge is -2.13. The lowest BCUT2D eigenvalue weighted by Crippen LogP contribution is -2.24. The Kier molecular flexibility index (Phi) is 4.77. The van der Waals surface area contributed by atoms with Gasteiger partial charge in [-0.1, -0.05) is 48.5 Å². The largest absolute Gasteiger partial charge is 0.322 e. The van der Waals surface area contributed by atoms with Crippen LogP contribution in [0.2, 0.25) is 0 Å². The van der Waals surface area contributed by atoms with Crippen molar-refractivity contribution >= 4 is 45.1 Å². The molecule has 4 rings (SSSR count). The number of halogens is 1. The summed E-state index contributed by atoms with van der Waals surface area (Å²) < 4.78 is 1.07. The van der Waals surface area contributed by atoms with Crippen LogP contribution in [0.15, 0.2) is 83.7 Å². The second-order valence-corrected chi connectivity index (χ2v) is 7.32. The molecule has 0 unspecified atom stereocenters. The monoisotopic (exact) mass is 466 g/mol. The van der Waals surface area contributed by atoms with Gasteiger partial charge in [-0.25, -0.2) is 0 Å². The van der Waals surface area contributed by atoms with E-state index < -0.39 is 11.5 Å². The summed E-state index contributed by atoms with van der Waals surface area (Å²) in [4.78, 5) is 28.6. The molecule has 4 aromatic rings. The van der Waals surface area contributed by atoms with Gasteiger partial charge in [0.05, 0.1) is 0 Å². The highest BCUT2D eigenvalue weighted by Crippen LogP contribution is 2.29. The Balaban J connectivity index is 1.91. The second-order valence-electron chi connectivity index (χ2n) is 6.08. The van der Waals surface area contributed by atoms with Crippen LogP contribution in [-0.4, -0.2) is 10.9 Å². The average Bonchev–Trinajstić information content (AvgIpc) is 2.69. The van der Waals surface area contributed by atoms with Crippen LogP contribution in [0.5, 0.6) is 0 Å². The van der Waals surface area contributed by atoms with Crippen LogP contribution in [0.1, 0.15) is 10.4 Å². The van der Waals surface area contributed by atoms with E-state index in [-0.39, 0.29) is 5.56 Å². The van der Waals surface area contributed by atoms with Crippen molar-refractivity contribution in [2.45, 2.75) is 0 Å². The zero-order valence-corrected chi connectivity index (χ0v) is 16.4. The van der Waals surface area contributed by atoms with Crippen molar-refractivity contribution in [1.82, 2.24) is 4.98 Å². The van der Waals surface area contributed by atoms with Crippen LogP contribution in [0.3, 0.4) is 0 Å². The van der Waals surface area contributed by atoms with E-state index in [0.29, 0.717) is 16.8 Å². The topological polar surface area (TPSA) is 62.0 Å². The fraction of sp³-hybridized carbons (Fsp3) is 0. The molecule has 0 aliphatic heterocycles. The molecular weight excluding hydrogens is 451 g/mol. The molecule has 0 fully saturated rings. The van der Waals surface area contributed by atoms with Crippen molar-refractivity contribution in [2.24, 2.45) is 0 Å². The quantitative estimate of drug-likeness (QED) is 0.415. The maximum absolute atomic E-state index is 13.0. The van der Waals surface area contributed by atoms with Gasteiger partial charge in [-0.05, 0) is 58.5 Å². The van der Waals surface area contributed by atoms with Gasteiger partial charge < -0.3 is 10.3 Å². The Morgan fingerprint density at radius 2 is 1.52 bits per heavy atom. The third-order valence-electron chi connectivity index (χ3n) is 4.31. The summed E-state index contributed by atoms with van der Waals surface area (Å²) in [6.07, 6.45) is 0. The second kappa shape index (κ2) is 7.36. The van der Waals surface area contributed by atoms with E-state index in [1.807, 2.05) is 78.9 Å². The molecule has 0 spiro atoms. The number of anilines is 1. The summed E-state index contributed by atoms with van der Waals surface area (Å²) in [6, 6.07) is 24.5. The maximum atomic E-state index is 13.0. The molecule has 0 bridgehead atoms. The van der Waals surface area contributed by atoms with Gasteiger partial charge in [-0.3, -0.25) is 9.59 Å². The highest BCUT2D eigenvalue weighted by atomic mass is 127. The van der Waals surface area contributed by atoms with E-state index in [2.05, 4.69) is 32.9 Å². The van der Waals surface area contributed by atoms with Crippen LogP contribution in [0.4, 0.5) is 5.69 Å². The highest BCUT2D eigenvalue weighted by Gasteiger charge is 2.20. The molecule has 27 heavy (non-hydrogen) atoms. The smallest absolute Gasteiger partial charge is 0.261 e. The number of nitrogens with one attached hydrogen (secondary N) is 2. The molecule has 4 nitrogen and oxygen atoms in total. The lowest BCUT2D eigenvalue weighted by molar-refractivity contribution is 0.102. The molecular formula is C22H15IN2O2. The number of hydrogen-bond acceptors (Lipinski definition) is 2. The van der Waals surface area contributed by atoms with Crippen LogP contribution in [-0.2, 0) is 0 Å². The van der Waals surface area contributed by atoms with Gasteiger partial charge in [0.25, 0.3) is 11.5 Å². The number of carbonyl (C=O) groups excluding carboxylic acids is 1. The average molecular weight is 466 g/mol. The molecule has 0 atom stereocenters. The Morgan fingerprint density at radius 1 is 0.852 bits per heavy atom. The predicted octanol–water partition coefficient (Wildman–Crippen LogP) is 5.05. The first kappa shape index (κ1) is 17.5. The van der Waals surface area contributed by atoms with E-state index in [9.17, 15) is 9.59 Å². The number of para-hydroxylation sites is 1. The van der Waals surface area contributed by atoms with E-state index in [1.54, 1.807) is 0 Å². The van der Waals surface area contributed by atoms with E-state index in [1.165, 1.54) is 0 Å². The molecule has 1 amide bonds. The Morgan fingerprint density at radius 3 is 2.26 bits per heavy atom.